The van der Waals surface area contributed by atoms with Crippen molar-refractivity contribution < 1.29 is 14.3 Å². The zero-order valence-electron chi connectivity index (χ0n) is 15.1. The number of anilines is 2. The number of thiazole rings is 1. The van der Waals surface area contributed by atoms with Crippen molar-refractivity contribution in [1.29, 1.82) is 0 Å². The van der Waals surface area contributed by atoms with Crippen molar-refractivity contribution in [2.24, 2.45) is 0 Å². The summed E-state index contributed by atoms with van der Waals surface area (Å²) in [5.74, 6) is 0.650. The lowest BCUT2D eigenvalue weighted by Crippen LogP contribution is -2.36. The summed E-state index contributed by atoms with van der Waals surface area (Å²) >= 11 is 1.64. The van der Waals surface area contributed by atoms with E-state index in [9.17, 15) is 4.79 Å². The number of methoxy groups -OCH3 is 1. The van der Waals surface area contributed by atoms with E-state index in [1.54, 1.807) is 18.4 Å². The minimum atomic E-state index is -0.0724. The molecule has 1 N–H and O–H groups in total. The van der Waals surface area contributed by atoms with Crippen LogP contribution >= 0.6 is 11.3 Å². The smallest absolute Gasteiger partial charge is 0.228 e. The number of morpholine rings is 1. The number of para-hydroxylation sites is 1. The Morgan fingerprint density at radius 2 is 2.07 bits per heavy atom. The maximum Gasteiger partial charge on any atom is 0.228 e. The average molecular weight is 383 g/mol. The van der Waals surface area contributed by atoms with Gasteiger partial charge in [-0.25, -0.2) is 4.98 Å². The number of ether oxygens (including phenoxy) is 2. The zero-order valence-corrected chi connectivity index (χ0v) is 15.9. The summed E-state index contributed by atoms with van der Waals surface area (Å²) < 4.78 is 11.8. The maximum absolute atomic E-state index is 12.4. The fourth-order valence-corrected chi connectivity index (χ4v) is 4.16. The lowest BCUT2D eigenvalue weighted by atomic mass is 10.1. The molecule has 3 aromatic rings. The van der Waals surface area contributed by atoms with Crippen molar-refractivity contribution >= 4 is 38.3 Å². The zero-order chi connectivity index (χ0) is 18.6. The van der Waals surface area contributed by atoms with E-state index in [1.165, 1.54) is 0 Å². The summed E-state index contributed by atoms with van der Waals surface area (Å²) in [6.07, 6.45) is 0.268. The van der Waals surface area contributed by atoms with Crippen LogP contribution in [0.2, 0.25) is 0 Å². The fraction of sp³-hybridized carbons (Fsp3) is 0.300. The number of hydrogen-bond acceptors (Lipinski definition) is 6. The van der Waals surface area contributed by atoms with Gasteiger partial charge in [0.1, 0.15) is 5.75 Å². The van der Waals surface area contributed by atoms with Gasteiger partial charge in [0.2, 0.25) is 5.91 Å². The number of carbonyl (C=O) groups is 1. The Morgan fingerprint density at radius 1 is 1.26 bits per heavy atom. The van der Waals surface area contributed by atoms with Gasteiger partial charge in [0.15, 0.2) is 5.13 Å². The van der Waals surface area contributed by atoms with Crippen LogP contribution in [0.4, 0.5) is 10.8 Å². The van der Waals surface area contributed by atoms with Crippen LogP contribution in [0.3, 0.4) is 0 Å². The van der Waals surface area contributed by atoms with E-state index in [4.69, 9.17) is 14.5 Å². The lowest BCUT2D eigenvalue weighted by Gasteiger charge is -2.25. The summed E-state index contributed by atoms with van der Waals surface area (Å²) in [6, 6.07) is 13.4. The summed E-state index contributed by atoms with van der Waals surface area (Å²) in [6.45, 7) is 3.20. The predicted molar refractivity (Wildman–Crippen MR) is 108 cm³/mol. The minimum absolute atomic E-state index is 0.0724. The summed E-state index contributed by atoms with van der Waals surface area (Å²) in [5, 5.41) is 3.98. The maximum atomic E-state index is 12.4. The van der Waals surface area contributed by atoms with Crippen LogP contribution in [0.1, 0.15) is 5.56 Å². The SMILES string of the molecule is COc1ccccc1CC(=O)Nc1ccc2nc(N3CCOCC3)sc2c1. The molecule has 0 aliphatic carbocycles. The third-order valence-electron chi connectivity index (χ3n) is 4.49. The number of amides is 1. The molecule has 1 amide bonds. The topological polar surface area (TPSA) is 63.7 Å². The molecule has 2 aromatic carbocycles. The van der Waals surface area contributed by atoms with Crippen molar-refractivity contribution in [3.63, 3.8) is 0 Å². The highest BCUT2D eigenvalue weighted by Crippen LogP contribution is 2.31. The highest BCUT2D eigenvalue weighted by molar-refractivity contribution is 7.22. The molecule has 1 aliphatic rings. The van der Waals surface area contributed by atoms with Gasteiger partial charge in [-0.1, -0.05) is 29.5 Å². The molecule has 1 saturated heterocycles. The second-order valence-electron chi connectivity index (χ2n) is 6.32. The number of benzene rings is 2. The molecule has 27 heavy (non-hydrogen) atoms. The molecule has 0 saturated carbocycles. The molecule has 0 unspecified atom stereocenters. The van der Waals surface area contributed by atoms with Crippen LogP contribution in [-0.2, 0) is 16.0 Å². The van der Waals surface area contributed by atoms with E-state index < -0.39 is 0 Å². The van der Waals surface area contributed by atoms with Gasteiger partial charge in [0.25, 0.3) is 0 Å². The molecule has 0 spiro atoms. The summed E-state index contributed by atoms with van der Waals surface area (Å²) in [4.78, 5) is 19.4. The van der Waals surface area contributed by atoms with E-state index in [0.29, 0.717) is 0 Å². The number of aromatic nitrogens is 1. The van der Waals surface area contributed by atoms with Gasteiger partial charge < -0.3 is 19.7 Å². The highest BCUT2D eigenvalue weighted by atomic mass is 32.1. The molecule has 7 heteroatoms. The van der Waals surface area contributed by atoms with Crippen LogP contribution in [0.5, 0.6) is 5.75 Å². The van der Waals surface area contributed by atoms with Crippen LogP contribution in [0, 0.1) is 0 Å². The van der Waals surface area contributed by atoms with Gasteiger partial charge in [0, 0.05) is 24.3 Å². The normalized spacial score (nSPS) is 14.3. The monoisotopic (exact) mass is 383 g/mol. The number of carbonyl (C=O) groups excluding carboxylic acids is 1. The summed E-state index contributed by atoms with van der Waals surface area (Å²) in [7, 11) is 1.61. The number of nitrogens with one attached hydrogen (secondary N) is 1. The van der Waals surface area contributed by atoms with Crippen molar-refractivity contribution in [3.05, 3.63) is 48.0 Å². The highest BCUT2D eigenvalue weighted by Gasteiger charge is 2.16. The van der Waals surface area contributed by atoms with E-state index in [2.05, 4.69) is 10.2 Å². The number of nitrogens with zero attached hydrogens (tertiary/aromatic N) is 2. The van der Waals surface area contributed by atoms with E-state index in [1.807, 2.05) is 42.5 Å². The van der Waals surface area contributed by atoms with Crippen LogP contribution in [0.15, 0.2) is 42.5 Å². The molecule has 1 fully saturated rings. The van der Waals surface area contributed by atoms with Gasteiger partial charge >= 0.3 is 0 Å². The van der Waals surface area contributed by atoms with E-state index in [0.717, 1.165) is 58.7 Å². The molecule has 0 radical (unpaired) electrons. The van der Waals surface area contributed by atoms with Crippen LogP contribution < -0.4 is 15.0 Å². The average Bonchev–Trinajstić information content (AvgIpc) is 3.12. The van der Waals surface area contributed by atoms with Gasteiger partial charge in [-0.3, -0.25) is 4.79 Å². The van der Waals surface area contributed by atoms with Gasteiger partial charge in [-0.15, -0.1) is 0 Å². The van der Waals surface area contributed by atoms with Crippen molar-refractivity contribution in [3.8, 4) is 5.75 Å². The Hall–Kier alpha value is -2.64. The quantitative estimate of drug-likeness (QED) is 0.732. The van der Waals surface area contributed by atoms with Crippen molar-refractivity contribution in [2.45, 2.75) is 6.42 Å². The molecule has 1 aliphatic heterocycles. The number of rotatable bonds is 5. The molecule has 2 heterocycles. The first-order chi connectivity index (χ1) is 13.2. The second kappa shape index (κ2) is 7.94. The van der Waals surface area contributed by atoms with Crippen LogP contribution in [-0.4, -0.2) is 44.3 Å². The number of hydrogen-bond donors (Lipinski definition) is 1. The molecular formula is C20H21N3O3S. The van der Waals surface area contributed by atoms with E-state index in [-0.39, 0.29) is 12.3 Å². The fourth-order valence-electron chi connectivity index (χ4n) is 3.11. The Kier molecular flexibility index (Phi) is 5.22. The first-order valence-electron chi connectivity index (χ1n) is 8.88. The molecular weight excluding hydrogens is 362 g/mol. The Bertz CT molecular complexity index is 951. The third-order valence-corrected chi connectivity index (χ3v) is 5.57. The molecule has 1 aromatic heterocycles. The van der Waals surface area contributed by atoms with Crippen molar-refractivity contribution in [1.82, 2.24) is 4.98 Å². The largest absolute Gasteiger partial charge is 0.496 e. The van der Waals surface area contributed by atoms with Gasteiger partial charge in [0.05, 0.1) is 37.0 Å². The molecule has 0 bridgehead atoms. The molecule has 4 rings (SSSR count). The van der Waals surface area contributed by atoms with Crippen LogP contribution in [0.25, 0.3) is 10.2 Å². The minimum Gasteiger partial charge on any atom is -0.496 e. The van der Waals surface area contributed by atoms with Crippen molar-refractivity contribution in [2.75, 3.05) is 43.6 Å². The summed E-state index contributed by atoms with van der Waals surface area (Å²) in [5.41, 5.74) is 2.59. The molecule has 140 valence electrons. The van der Waals surface area contributed by atoms with Gasteiger partial charge in [-0.2, -0.15) is 0 Å². The first-order valence-corrected chi connectivity index (χ1v) is 9.69. The number of fused-ring (bicyclic) bond motifs is 1. The Labute approximate surface area is 161 Å². The lowest BCUT2D eigenvalue weighted by molar-refractivity contribution is -0.115. The Balaban J connectivity index is 1.47. The van der Waals surface area contributed by atoms with Gasteiger partial charge in [-0.05, 0) is 24.3 Å². The molecule has 0 atom stereocenters. The first kappa shape index (κ1) is 17.8. The second-order valence-corrected chi connectivity index (χ2v) is 7.32. The van der Waals surface area contributed by atoms with E-state index >= 15 is 0 Å². The molecule has 6 nitrogen and oxygen atoms in total. The standard InChI is InChI=1S/C20H21N3O3S/c1-25-17-5-3-2-4-14(17)12-19(24)21-15-6-7-16-18(13-15)27-20(22-16)23-8-10-26-11-9-23/h2-7,13H,8-12H2,1H3,(H,21,24). The third kappa shape index (κ3) is 4.04. The predicted octanol–water partition coefficient (Wildman–Crippen LogP) is 3.32. The Morgan fingerprint density at radius 3 is 2.89 bits per heavy atom.